The Hall–Kier alpha value is -3.40. The molecule has 204 valence electrons. The zero-order valence-corrected chi connectivity index (χ0v) is 21.9. The molecule has 39 heavy (non-hydrogen) atoms. The second kappa shape index (κ2) is 9.97. The summed E-state index contributed by atoms with van der Waals surface area (Å²) in [7, 11) is 1.41. The van der Waals surface area contributed by atoms with E-state index in [2.05, 4.69) is 10.6 Å². The highest BCUT2D eigenvalue weighted by Crippen LogP contribution is 2.53. The van der Waals surface area contributed by atoms with Crippen molar-refractivity contribution in [1.29, 1.82) is 0 Å². The second-order valence-corrected chi connectivity index (χ2v) is 10.3. The average Bonchev–Trinajstić information content (AvgIpc) is 3.64. The zero-order chi connectivity index (χ0) is 27.3. The average molecular weight is 557 g/mol. The molecule has 3 atom stereocenters. The summed E-state index contributed by atoms with van der Waals surface area (Å²) in [4.78, 5) is 13.0. The van der Waals surface area contributed by atoms with E-state index in [4.69, 9.17) is 25.8 Å². The highest BCUT2D eigenvalue weighted by Gasteiger charge is 2.50. The Morgan fingerprint density at radius 2 is 2.00 bits per heavy atom. The number of rotatable bonds is 5. The van der Waals surface area contributed by atoms with Crippen molar-refractivity contribution < 1.29 is 32.9 Å². The number of carbonyl (C=O) groups excluding carboxylic acids is 1. The van der Waals surface area contributed by atoms with E-state index in [0.29, 0.717) is 5.56 Å². The maximum Gasteiger partial charge on any atom is 0.251 e. The maximum absolute atomic E-state index is 16.4. The summed E-state index contributed by atoms with van der Waals surface area (Å²) in [6.07, 6.45) is 1.24. The van der Waals surface area contributed by atoms with E-state index in [0.717, 1.165) is 24.9 Å². The molecule has 3 aliphatic heterocycles. The van der Waals surface area contributed by atoms with Gasteiger partial charge in [0.05, 0.1) is 23.2 Å². The van der Waals surface area contributed by atoms with Gasteiger partial charge in [0.25, 0.3) is 5.91 Å². The van der Waals surface area contributed by atoms with Gasteiger partial charge in [0.15, 0.2) is 29.0 Å². The molecule has 7 nitrogen and oxygen atoms in total. The van der Waals surface area contributed by atoms with Gasteiger partial charge >= 0.3 is 0 Å². The number of benzene rings is 3. The number of halogens is 3. The quantitative estimate of drug-likeness (QED) is 0.433. The molecule has 3 heterocycles. The lowest BCUT2D eigenvalue weighted by Crippen LogP contribution is -2.48. The normalized spacial score (nSPS) is 23.3. The van der Waals surface area contributed by atoms with Crippen LogP contribution in [0, 0.1) is 11.6 Å². The third-order valence-corrected chi connectivity index (χ3v) is 8.09. The van der Waals surface area contributed by atoms with Crippen LogP contribution < -0.4 is 24.8 Å². The number of amides is 1. The fourth-order valence-corrected chi connectivity index (χ4v) is 6.14. The number of aliphatic hydroxyl groups excluding tert-OH is 1. The Morgan fingerprint density at radius 3 is 2.69 bits per heavy atom. The maximum atomic E-state index is 16.4. The topological polar surface area (TPSA) is 89.1 Å². The first-order valence-corrected chi connectivity index (χ1v) is 13.2. The largest absolute Gasteiger partial charge is 0.486 e. The van der Waals surface area contributed by atoms with Gasteiger partial charge < -0.3 is 30.0 Å². The number of aliphatic hydroxyl groups is 1. The molecule has 10 heteroatoms. The summed E-state index contributed by atoms with van der Waals surface area (Å²) in [5.41, 5.74) is 0.192. The number of nitrogens with one attached hydrogen (secondary N) is 2. The van der Waals surface area contributed by atoms with Crippen molar-refractivity contribution >= 4 is 17.5 Å². The molecule has 1 amide bonds. The predicted octanol–water partition coefficient (Wildman–Crippen LogP) is 4.36. The monoisotopic (exact) mass is 556 g/mol. The third-order valence-electron chi connectivity index (χ3n) is 7.73. The van der Waals surface area contributed by atoms with Gasteiger partial charge in [0, 0.05) is 36.2 Å². The van der Waals surface area contributed by atoms with Gasteiger partial charge in [-0.2, -0.15) is 0 Å². The summed E-state index contributed by atoms with van der Waals surface area (Å²) in [5, 5.41) is 15.3. The number of hydrogen-bond acceptors (Lipinski definition) is 6. The van der Waals surface area contributed by atoms with Crippen LogP contribution in [0.25, 0.3) is 11.1 Å². The first-order valence-electron chi connectivity index (χ1n) is 12.9. The number of ether oxygens (including phenoxy) is 3. The molecule has 1 fully saturated rings. The molecule has 3 aromatic carbocycles. The molecule has 0 bridgehead atoms. The lowest BCUT2D eigenvalue weighted by molar-refractivity contribution is 0.0418. The standard InChI is InChI=1S/C29H27ClF2N2O5/c1-33-28(36)17-10-21-27(38-16(13-35)14-37-21)26(32)24(17)23-18-12-29(22-8-5-9-34-22,15-6-3-2-4-7-15)39-20(18)11-19(31)25(23)30/h2-4,6-7,10-11,16,22,34-35H,5,8-9,12-14H2,1H3,(H,33,36)/t16-,22-,29-/m0/s1. The lowest BCUT2D eigenvalue weighted by atomic mass is 9.80. The smallest absolute Gasteiger partial charge is 0.251 e. The van der Waals surface area contributed by atoms with Gasteiger partial charge in [0.1, 0.15) is 18.2 Å². The highest BCUT2D eigenvalue weighted by molar-refractivity contribution is 6.34. The minimum absolute atomic E-state index is 0.00811. The van der Waals surface area contributed by atoms with Crippen molar-refractivity contribution in [2.75, 3.05) is 26.8 Å². The third kappa shape index (κ3) is 4.11. The molecule has 0 aliphatic carbocycles. The molecule has 0 unspecified atom stereocenters. The molecular formula is C29H27ClF2N2O5. The Bertz CT molecular complexity index is 1450. The van der Waals surface area contributed by atoms with E-state index in [9.17, 15) is 9.90 Å². The van der Waals surface area contributed by atoms with Gasteiger partial charge in [-0.05, 0) is 31.0 Å². The number of hydrogen-bond donors (Lipinski definition) is 3. The van der Waals surface area contributed by atoms with Crippen LogP contribution in [0.3, 0.4) is 0 Å². The lowest BCUT2D eigenvalue weighted by Gasteiger charge is -2.35. The van der Waals surface area contributed by atoms with E-state index < -0.39 is 35.9 Å². The van der Waals surface area contributed by atoms with Crippen LogP contribution in [0.2, 0.25) is 5.02 Å². The Labute approximate surface area is 229 Å². The van der Waals surface area contributed by atoms with Crippen LogP contribution in [-0.2, 0) is 12.0 Å². The Morgan fingerprint density at radius 1 is 1.21 bits per heavy atom. The van der Waals surface area contributed by atoms with Crippen LogP contribution in [0.4, 0.5) is 8.78 Å². The molecule has 0 spiro atoms. The van der Waals surface area contributed by atoms with Gasteiger partial charge in [-0.15, -0.1) is 0 Å². The van der Waals surface area contributed by atoms with Crippen LogP contribution in [0.1, 0.15) is 34.3 Å². The highest BCUT2D eigenvalue weighted by atomic mass is 35.5. The van der Waals surface area contributed by atoms with E-state index >= 15 is 8.78 Å². The van der Waals surface area contributed by atoms with Crippen molar-refractivity contribution in [3.8, 4) is 28.4 Å². The summed E-state index contributed by atoms with van der Waals surface area (Å²) < 4.78 is 49.7. The van der Waals surface area contributed by atoms with Crippen LogP contribution in [0.5, 0.6) is 17.2 Å². The summed E-state index contributed by atoms with van der Waals surface area (Å²) in [5.74, 6) is -2.39. The van der Waals surface area contributed by atoms with Crippen LogP contribution in [0.15, 0.2) is 42.5 Å². The summed E-state index contributed by atoms with van der Waals surface area (Å²) >= 11 is 6.58. The molecule has 3 aromatic rings. The Kier molecular flexibility index (Phi) is 6.61. The van der Waals surface area contributed by atoms with Gasteiger partial charge in [-0.1, -0.05) is 41.9 Å². The van der Waals surface area contributed by atoms with Crippen molar-refractivity contribution in [2.24, 2.45) is 0 Å². The molecule has 6 rings (SSSR count). The van der Waals surface area contributed by atoms with Gasteiger partial charge in [0.2, 0.25) is 0 Å². The molecular weight excluding hydrogens is 530 g/mol. The van der Waals surface area contributed by atoms with Crippen molar-refractivity contribution in [3.05, 3.63) is 75.8 Å². The van der Waals surface area contributed by atoms with Crippen molar-refractivity contribution in [2.45, 2.75) is 37.0 Å². The van der Waals surface area contributed by atoms with Crippen molar-refractivity contribution in [1.82, 2.24) is 10.6 Å². The SMILES string of the molecule is CNC(=O)c1cc2c(c(F)c1-c1c(Cl)c(F)cc3c1C[C@](c1ccccc1)([C@@H]1CCCN1)O3)O[C@@H](CO)CO2. The number of fused-ring (bicyclic) bond motifs is 2. The molecule has 1 saturated heterocycles. The van der Waals surface area contributed by atoms with Gasteiger partial charge in [-0.25, -0.2) is 8.78 Å². The molecule has 0 saturated carbocycles. The minimum atomic E-state index is -0.935. The molecule has 3 aliphatic rings. The molecule has 0 aromatic heterocycles. The predicted molar refractivity (Wildman–Crippen MR) is 141 cm³/mol. The molecule has 0 radical (unpaired) electrons. The Balaban J connectivity index is 1.59. The first kappa shape index (κ1) is 25.9. The molecule has 3 N–H and O–H groups in total. The van der Waals surface area contributed by atoms with Crippen molar-refractivity contribution in [3.63, 3.8) is 0 Å². The number of carbonyl (C=O) groups is 1. The fourth-order valence-electron chi connectivity index (χ4n) is 5.88. The van der Waals surface area contributed by atoms with E-state index in [1.807, 2.05) is 30.3 Å². The summed E-state index contributed by atoms with van der Waals surface area (Å²) in [6.45, 7) is 0.390. The van der Waals surface area contributed by atoms with Crippen LogP contribution in [-0.4, -0.2) is 50.0 Å². The van der Waals surface area contributed by atoms with Gasteiger partial charge in [-0.3, -0.25) is 4.79 Å². The van der Waals surface area contributed by atoms with Crippen LogP contribution >= 0.6 is 11.6 Å². The zero-order valence-electron chi connectivity index (χ0n) is 21.2. The van der Waals surface area contributed by atoms with E-state index in [-0.39, 0.29) is 58.0 Å². The summed E-state index contributed by atoms with van der Waals surface area (Å²) in [6, 6.07) is 12.1. The minimum Gasteiger partial charge on any atom is -0.486 e. The fraction of sp³-hybridized carbons (Fsp3) is 0.345. The van der Waals surface area contributed by atoms with E-state index in [1.54, 1.807) is 0 Å². The second-order valence-electron chi connectivity index (χ2n) is 9.96. The first-order chi connectivity index (χ1) is 18.9. The van der Waals surface area contributed by atoms with E-state index in [1.165, 1.54) is 19.2 Å².